The third-order valence-electron chi connectivity index (χ3n) is 5.15. The number of carbonyl (C=O) groups is 1. The number of aromatic amines is 1. The van der Waals surface area contributed by atoms with E-state index in [2.05, 4.69) is 27.1 Å². The molecule has 1 aliphatic rings. The highest BCUT2D eigenvalue weighted by atomic mass is 32.2. The molecule has 1 fully saturated rings. The van der Waals surface area contributed by atoms with Gasteiger partial charge < -0.3 is 19.3 Å². The summed E-state index contributed by atoms with van der Waals surface area (Å²) in [7, 11) is 0. The molecule has 3 N–H and O–H groups in total. The van der Waals surface area contributed by atoms with E-state index in [9.17, 15) is 9.90 Å². The molecule has 3 atom stereocenters. The lowest BCUT2D eigenvalue weighted by atomic mass is 10.0. The second kappa shape index (κ2) is 11.8. The minimum absolute atomic E-state index is 0.0109. The third kappa shape index (κ3) is 6.45. The van der Waals surface area contributed by atoms with Crippen molar-refractivity contribution in [1.29, 1.82) is 0 Å². The number of aliphatic hydroxyl groups is 1. The van der Waals surface area contributed by atoms with E-state index in [0.29, 0.717) is 17.9 Å². The molecule has 0 radical (unpaired) electrons. The van der Waals surface area contributed by atoms with Crippen LogP contribution in [0.1, 0.15) is 35.5 Å². The molecule has 0 aliphatic carbocycles. The van der Waals surface area contributed by atoms with Crippen LogP contribution in [-0.4, -0.2) is 44.8 Å². The lowest BCUT2D eigenvalue weighted by molar-refractivity contribution is -0.245. The van der Waals surface area contributed by atoms with Crippen molar-refractivity contribution in [2.75, 3.05) is 17.7 Å². The van der Waals surface area contributed by atoms with E-state index < -0.39 is 12.4 Å². The zero-order valence-electron chi connectivity index (χ0n) is 18.4. The van der Waals surface area contributed by atoms with Gasteiger partial charge in [0.25, 0.3) is 0 Å². The number of aliphatic hydroxyl groups excluding tert-OH is 1. The summed E-state index contributed by atoms with van der Waals surface area (Å²) in [6.45, 7) is 3.65. The molecule has 3 unspecified atom stereocenters. The Balaban J connectivity index is 1.51. The minimum Gasteiger partial charge on any atom is -0.445 e. The molecule has 1 amide bonds. The van der Waals surface area contributed by atoms with Gasteiger partial charge in [0.1, 0.15) is 12.9 Å². The highest BCUT2D eigenvalue weighted by molar-refractivity contribution is 7.99. The van der Waals surface area contributed by atoms with Crippen molar-refractivity contribution < 1.29 is 24.1 Å². The molecule has 3 aromatic rings. The Bertz CT molecular complexity index is 1080. The van der Waals surface area contributed by atoms with Gasteiger partial charge in [-0.2, -0.15) is 5.10 Å². The van der Waals surface area contributed by atoms with Gasteiger partial charge in [0.05, 0.1) is 18.8 Å². The fourth-order valence-corrected chi connectivity index (χ4v) is 4.31. The fraction of sp³-hybridized carbons (Fsp3) is 0.292. The van der Waals surface area contributed by atoms with Gasteiger partial charge in [-0.1, -0.05) is 60.8 Å². The number of hydrogen-bond donors (Lipinski definition) is 3. The Morgan fingerprint density at radius 3 is 2.85 bits per heavy atom. The maximum Gasteiger partial charge on any atom is 0.411 e. The van der Waals surface area contributed by atoms with Gasteiger partial charge in [0.15, 0.2) is 11.4 Å². The summed E-state index contributed by atoms with van der Waals surface area (Å²) in [5.41, 5.74) is 3.18. The first-order valence-electron chi connectivity index (χ1n) is 10.8. The predicted molar refractivity (Wildman–Crippen MR) is 127 cm³/mol. The zero-order valence-corrected chi connectivity index (χ0v) is 19.2. The number of thioether (sulfide) groups is 1. The first-order chi connectivity index (χ1) is 16.6. The number of hydrogen-bond acceptors (Lipinski definition) is 8. The summed E-state index contributed by atoms with van der Waals surface area (Å²) in [4.78, 5) is 16.1. The molecule has 1 aliphatic heterocycles. The summed E-state index contributed by atoms with van der Waals surface area (Å²) in [6, 6.07) is 15.0. The van der Waals surface area contributed by atoms with Gasteiger partial charge >= 0.3 is 6.09 Å². The Morgan fingerprint density at radius 2 is 2.12 bits per heavy atom. The molecule has 0 bridgehead atoms. The van der Waals surface area contributed by atoms with Crippen molar-refractivity contribution in [2.24, 2.45) is 0 Å². The minimum atomic E-state index is -0.637. The number of aromatic nitrogens is 3. The van der Waals surface area contributed by atoms with Crippen LogP contribution < -0.4 is 5.32 Å². The first kappa shape index (κ1) is 24.0. The van der Waals surface area contributed by atoms with Gasteiger partial charge in [-0.05, 0) is 23.3 Å². The number of carbonyl (C=O) groups excluding carboxylic acids is 1. The topological polar surface area (TPSA) is 119 Å². The van der Waals surface area contributed by atoms with Gasteiger partial charge in [-0.15, -0.1) is 0 Å². The van der Waals surface area contributed by atoms with Crippen LogP contribution in [-0.2, 0) is 20.8 Å². The largest absolute Gasteiger partial charge is 0.445 e. The zero-order chi connectivity index (χ0) is 23.8. The highest BCUT2D eigenvalue weighted by Crippen LogP contribution is 2.39. The Morgan fingerprint density at radius 1 is 1.26 bits per heavy atom. The fourth-order valence-electron chi connectivity index (χ4n) is 3.51. The van der Waals surface area contributed by atoms with Gasteiger partial charge in [-0.25, -0.2) is 9.78 Å². The number of nitrogens with one attached hydrogen (secondary N) is 2. The molecule has 2 aromatic carbocycles. The number of benzene rings is 2. The molecule has 10 heteroatoms. The van der Waals surface area contributed by atoms with Crippen LogP contribution in [0.2, 0.25) is 0 Å². The maximum atomic E-state index is 11.9. The quantitative estimate of drug-likeness (QED) is 0.304. The van der Waals surface area contributed by atoms with Crippen molar-refractivity contribution in [2.45, 2.75) is 36.7 Å². The smallest absolute Gasteiger partial charge is 0.411 e. The van der Waals surface area contributed by atoms with Crippen LogP contribution in [0.15, 0.2) is 72.7 Å². The molecule has 34 heavy (non-hydrogen) atoms. The monoisotopic (exact) mass is 482 g/mol. The van der Waals surface area contributed by atoms with Crippen molar-refractivity contribution >= 4 is 23.5 Å². The van der Waals surface area contributed by atoms with E-state index in [1.54, 1.807) is 12.1 Å². The van der Waals surface area contributed by atoms with Crippen molar-refractivity contribution in [3.63, 3.8) is 0 Å². The van der Waals surface area contributed by atoms with E-state index in [1.165, 1.54) is 24.2 Å². The van der Waals surface area contributed by atoms with Crippen molar-refractivity contribution in [3.05, 3.63) is 84.2 Å². The van der Waals surface area contributed by atoms with Crippen LogP contribution in [0.3, 0.4) is 0 Å². The molecule has 178 valence electrons. The summed E-state index contributed by atoms with van der Waals surface area (Å²) in [5.74, 6) is 0.659. The molecular formula is C24H26N4O5S. The van der Waals surface area contributed by atoms with E-state index in [1.807, 2.05) is 36.4 Å². The van der Waals surface area contributed by atoms with Crippen molar-refractivity contribution in [1.82, 2.24) is 15.2 Å². The number of ether oxygens (including phenoxy) is 3. The number of H-pyrrole nitrogens is 1. The predicted octanol–water partition coefficient (Wildman–Crippen LogP) is 4.37. The second-order valence-electron chi connectivity index (χ2n) is 7.59. The van der Waals surface area contributed by atoms with E-state index in [4.69, 9.17) is 14.2 Å². The molecule has 0 spiro atoms. The van der Waals surface area contributed by atoms with Crippen molar-refractivity contribution in [3.8, 4) is 0 Å². The molecule has 9 nitrogen and oxygen atoms in total. The Hall–Kier alpha value is -3.18. The number of anilines is 1. The lowest BCUT2D eigenvalue weighted by Crippen LogP contribution is -2.31. The summed E-state index contributed by atoms with van der Waals surface area (Å²) < 4.78 is 17.6. The van der Waals surface area contributed by atoms with Gasteiger partial charge in [0.2, 0.25) is 0 Å². The van der Waals surface area contributed by atoms with Crippen LogP contribution in [0.4, 0.5) is 10.5 Å². The number of nitrogens with zero attached hydrogens (tertiary/aromatic N) is 2. The molecule has 1 aromatic heterocycles. The van der Waals surface area contributed by atoms with Crippen LogP contribution >= 0.6 is 11.8 Å². The van der Waals surface area contributed by atoms with E-state index in [-0.39, 0.29) is 25.4 Å². The van der Waals surface area contributed by atoms with Crippen LogP contribution in [0.25, 0.3) is 0 Å². The van der Waals surface area contributed by atoms with Gasteiger partial charge in [0, 0.05) is 23.4 Å². The summed E-state index contributed by atoms with van der Waals surface area (Å²) >= 11 is 1.53. The third-order valence-corrected chi connectivity index (χ3v) is 6.16. The average Bonchev–Trinajstić information content (AvgIpc) is 3.40. The average molecular weight is 483 g/mol. The number of amides is 1. The normalized spacial score (nSPS) is 20.0. The van der Waals surface area contributed by atoms with Gasteiger partial charge in [-0.3, -0.25) is 10.4 Å². The molecule has 4 rings (SSSR count). The second-order valence-corrected chi connectivity index (χ2v) is 8.60. The molecule has 0 saturated carbocycles. The SMILES string of the molecule is C=CCOC(=O)Nc1cccc(C2OC(CSc3ncn[nH]3)CC(c3ccc(CO)cc3)O2)c1. The van der Waals surface area contributed by atoms with E-state index in [0.717, 1.165) is 21.8 Å². The summed E-state index contributed by atoms with van der Waals surface area (Å²) in [6.07, 6.45) is 2.10. The Labute approximate surface area is 201 Å². The van der Waals surface area contributed by atoms with E-state index >= 15 is 0 Å². The highest BCUT2D eigenvalue weighted by Gasteiger charge is 2.32. The molecule has 2 heterocycles. The maximum absolute atomic E-state index is 11.9. The number of rotatable bonds is 9. The standard InChI is InChI=1S/C24H26N4O5S/c1-2-10-31-24(30)27-19-5-3-4-18(11-19)22-32-20(14-34-23-25-15-26-28-23)12-21(33-22)17-8-6-16(13-29)7-9-17/h2-9,11,15,20-22,29H,1,10,12-14H2,(H,27,30)(H,25,26,28). The van der Waals surface area contributed by atoms with Crippen LogP contribution in [0, 0.1) is 0 Å². The summed E-state index contributed by atoms with van der Waals surface area (Å²) in [5, 5.41) is 19.5. The molecule has 1 saturated heterocycles. The Kier molecular flexibility index (Phi) is 8.31. The van der Waals surface area contributed by atoms with Crippen LogP contribution in [0.5, 0.6) is 0 Å². The lowest BCUT2D eigenvalue weighted by Gasteiger charge is -2.36. The first-order valence-corrected chi connectivity index (χ1v) is 11.8. The molecular weight excluding hydrogens is 456 g/mol.